The van der Waals surface area contributed by atoms with Crippen molar-refractivity contribution in [3.63, 3.8) is 0 Å². The van der Waals surface area contributed by atoms with Gasteiger partial charge in [-0.1, -0.05) is 32.9 Å². The smallest absolute Gasteiger partial charge is 0.270 e. The van der Waals surface area contributed by atoms with Crippen LogP contribution in [0.4, 0.5) is 5.82 Å². The number of fused-ring (bicyclic) bond motifs is 1. The van der Waals surface area contributed by atoms with E-state index in [1.54, 1.807) is 16.8 Å². The molecule has 9 heteroatoms. The third-order valence-electron chi connectivity index (χ3n) is 5.03. The van der Waals surface area contributed by atoms with Gasteiger partial charge in [-0.3, -0.25) is 14.9 Å². The van der Waals surface area contributed by atoms with Crippen molar-refractivity contribution in [3.05, 3.63) is 36.0 Å². The Morgan fingerprint density at radius 3 is 2.70 bits per heavy atom. The molecule has 2 aromatic rings. The van der Waals surface area contributed by atoms with Crippen LogP contribution in [0.3, 0.4) is 0 Å². The molecule has 3 N–H and O–H groups in total. The summed E-state index contributed by atoms with van der Waals surface area (Å²) in [4.78, 5) is 25.0. The van der Waals surface area contributed by atoms with Crippen molar-refractivity contribution in [1.29, 1.82) is 0 Å². The maximum absolute atomic E-state index is 12.9. The molecule has 0 saturated carbocycles. The van der Waals surface area contributed by atoms with Crippen molar-refractivity contribution in [2.45, 2.75) is 58.0 Å². The van der Waals surface area contributed by atoms with E-state index in [1.165, 1.54) is 0 Å². The van der Waals surface area contributed by atoms with Crippen molar-refractivity contribution in [3.8, 4) is 11.5 Å². The molecule has 1 fully saturated rings. The van der Waals surface area contributed by atoms with E-state index in [0.717, 1.165) is 5.69 Å². The van der Waals surface area contributed by atoms with Crippen molar-refractivity contribution in [1.82, 2.24) is 20.4 Å². The third-order valence-corrected chi connectivity index (χ3v) is 5.03. The fourth-order valence-electron chi connectivity index (χ4n) is 3.40. The molecule has 9 nitrogen and oxygen atoms in total. The number of hydrogen-bond acceptors (Lipinski definition) is 6. The normalized spacial score (nSPS) is 23.6. The van der Waals surface area contributed by atoms with Crippen LogP contribution in [0, 0.1) is 0 Å². The minimum absolute atomic E-state index is 0.0128. The average molecular weight is 413 g/mol. The molecule has 2 aliphatic heterocycles. The minimum Gasteiger partial charge on any atom is -0.485 e. The van der Waals surface area contributed by atoms with Crippen LogP contribution >= 0.6 is 0 Å². The standard InChI is InChI=1S/C21H27N5O4/c1-12-9-18(27)24-20(22-12)26-17(10-16(25-26)21(2,3)4)23-19(28)15-11-29-13-7-5-6-8-14(13)30-15/h5-8,10,12,15,20,22H,9,11H2,1-4H3,(H,23,28)(H,24,27). The number of nitrogens with one attached hydrogen (secondary N) is 3. The van der Waals surface area contributed by atoms with Crippen LogP contribution in [-0.4, -0.2) is 40.3 Å². The summed E-state index contributed by atoms with van der Waals surface area (Å²) in [5, 5.41) is 13.7. The van der Waals surface area contributed by atoms with Crippen LogP contribution < -0.4 is 25.4 Å². The van der Waals surface area contributed by atoms with Crippen molar-refractivity contribution < 1.29 is 19.1 Å². The summed E-state index contributed by atoms with van der Waals surface area (Å²) < 4.78 is 13.1. The largest absolute Gasteiger partial charge is 0.485 e. The van der Waals surface area contributed by atoms with E-state index >= 15 is 0 Å². The number of rotatable bonds is 3. The Labute approximate surface area is 175 Å². The molecule has 1 aromatic carbocycles. The topological polar surface area (TPSA) is 107 Å². The van der Waals surface area contributed by atoms with Crippen molar-refractivity contribution in [2.75, 3.05) is 11.9 Å². The number of aromatic nitrogens is 2. The summed E-state index contributed by atoms with van der Waals surface area (Å²) >= 11 is 0. The molecule has 1 saturated heterocycles. The highest BCUT2D eigenvalue weighted by molar-refractivity contribution is 5.94. The zero-order valence-electron chi connectivity index (χ0n) is 17.6. The lowest BCUT2D eigenvalue weighted by Gasteiger charge is -2.31. The van der Waals surface area contributed by atoms with Gasteiger partial charge in [0.1, 0.15) is 12.4 Å². The van der Waals surface area contributed by atoms with Gasteiger partial charge in [0.2, 0.25) is 12.0 Å². The second-order valence-corrected chi connectivity index (χ2v) is 8.70. The molecule has 2 aliphatic rings. The molecule has 3 unspecified atom stereocenters. The van der Waals surface area contributed by atoms with E-state index in [1.807, 2.05) is 45.9 Å². The Balaban J connectivity index is 1.58. The molecule has 0 bridgehead atoms. The van der Waals surface area contributed by atoms with Gasteiger partial charge < -0.3 is 20.1 Å². The number of amides is 2. The summed E-state index contributed by atoms with van der Waals surface area (Å²) in [5.41, 5.74) is 0.552. The van der Waals surface area contributed by atoms with Crippen LogP contribution in [0.2, 0.25) is 0 Å². The Hall–Kier alpha value is -3.07. The minimum atomic E-state index is -0.797. The first-order valence-corrected chi connectivity index (χ1v) is 10.1. The predicted octanol–water partition coefficient (Wildman–Crippen LogP) is 1.91. The maximum atomic E-state index is 12.9. The number of anilines is 1. The highest BCUT2D eigenvalue weighted by Crippen LogP contribution is 2.31. The van der Waals surface area contributed by atoms with Crippen LogP contribution in [0.5, 0.6) is 11.5 Å². The fourth-order valence-corrected chi connectivity index (χ4v) is 3.40. The Kier molecular flexibility index (Phi) is 5.15. The summed E-state index contributed by atoms with van der Waals surface area (Å²) in [6.07, 6.45) is -0.968. The molecule has 0 aliphatic carbocycles. The van der Waals surface area contributed by atoms with Gasteiger partial charge in [0.15, 0.2) is 17.8 Å². The number of ether oxygens (including phenoxy) is 2. The first-order chi connectivity index (χ1) is 14.2. The quantitative estimate of drug-likeness (QED) is 0.710. The van der Waals surface area contributed by atoms with Crippen LogP contribution in [-0.2, 0) is 15.0 Å². The zero-order valence-corrected chi connectivity index (χ0v) is 17.6. The van der Waals surface area contributed by atoms with Crippen LogP contribution in [0.15, 0.2) is 30.3 Å². The highest BCUT2D eigenvalue weighted by atomic mass is 16.6. The maximum Gasteiger partial charge on any atom is 0.270 e. The monoisotopic (exact) mass is 413 g/mol. The van der Waals surface area contributed by atoms with Crippen molar-refractivity contribution in [2.24, 2.45) is 0 Å². The number of para-hydroxylation sites is 2. The van der Waals surface area contributed by atoms with E-state index in [-0.39, 0.29) is 29.9 Å². The molecule has 1 aromatic heterocycles. The van der Waals surface area contributed by atoms with Gasteiger partial charge in [0.25, 0.3) is 5.91 Å². The van der Waals surface area contributed by atoms with E-state index in [9.17, 15) is 9.59 Å². The van der Waals surface area contributed by atoms with Gasteiger partial charge >= 0.3 is 0 Å². The van der Waals surface area contributed by atoms with Crippen LogP contribution in [0.1, 0.15) is 46.1 Å². The van der Waals surface area contributed by atoms with Gasteiger partial charge in [0, 0.05) is 23.9 Å². The lowest BCUT2D eigenvalue weighted by Crippen LogP contribution is -2.52. The summed E-state index contributed by atoms with van der Waals surface area (Å²) in [7, 11) is 0. The highest BCUT2D eigenvalue weighted by Gasteiger charge is 2.32. The Morgan fingerprint density at radius 1 is 1.27 bits per heavy atom. The first-order valence-electron chi connectivity index (χ1n) is 10.1. The van der Waals surface area contributed by atoms with Gasteiger partial charge in [-0.25, -0.2) is 4.68 Å². The molecule has 160 valence electrons. The SMILES string of the molecule is CC1CC(=O)NC(n2nc(C(C)(C)C)cc2NC(=O)C2COc3ccccc3O2)N1. The molecule has 0 radical (unpaired) electrons. The molecule has 3 heterocycles. The lowest BCUT2D eigenvalue weighted by atomic mass is 9.92. The molecule has 30 heavy (non-hydrogen) atoms. The lowest BCUT2D eigenvalue weighted by molar-refractivity contribution is -0.125. The molecular formula is C21H27N5O4. The fraction of sp³-hybridized carbons (Fsp3) is 0.476. The Bertz CT molecular complexity index is 965. The number of carbonyl (C=O) groups excluding carboxylic acids is 2. The van der Waals surface area contributed by atoms with E-state index in [4.69, 9.17) is 9.47 Å². The van der Waals surface area contributed by atoms with Gasteiger partial charge in [-0.05, 0) is 19.1 Å². The molecule has 0 spiro atoms. The van der Waals surface area contributed by atoms with E-state index in [0.29, 0.717) is 23.7 Å². The Morgan fingerprint density at radius 2 is 2.00 bits per heavy atom. The summed E-state index contributed by atoms with van der Waals surface area (Å²) in [5.74, 6) is 1.20. The van der Waals surface area contributed by atoms with Crippen molar-refractivity contribution >= 4 is 17.6 Å². The van der Waals surface area contributed by atoms with Gasteiger partial charge in [0.05, 0.1) is 5.69 Å². The first kappa shape index (κ1) is 20.2. The van der Waals surface area contributed by atoms with E-state index < -0.39 is 12.4 Å². The number of nitrogens with zero attached hydrogens (tertiary/aromatic N) is 2. The van der Waals surface area contributed by atoms with E-state index in [2.05, 4.69) is 21.0 Å². The number of benzene rings is 1. The second kappa shape index (κ2) is 7.64. The van der Waals surface area contributed by atoms with Gasteiger partial charge in [-0.15, -0.1) is 0 Å². The average Bonchev–Trinajstić information content (AvgIpc) is 3.11. The molecule has 4 rings (SSSR count). The molecule has 3 atom stereocenters. The van der Waals surface area contributed by atoms with Gasteiger partial charge in [-0.2, -0.15) is 5.10 Å². The van der Waals surface area contributed by atoms with Crippen LogP contribution in [0.25, 0.3) is 0 Å². The zero-order chi connectivity index (χ0) is 21.5. The predicted molar refractivity (Wildman–Crippen MR) is 110 cm³/mol. The summed E-state index contributed by atoms with van der Waals surface area (Å²) in [6.45, 7) is 8.16. The second-order valence-electron chi connectivity index (χ2n) is 8.70. The third kappa shape index (κ3) is 4.11. The number of hydrogen-bond donors (Lipinski definition) is 3. The number of carbonyl (C=O) groups is 2. The molecular weight excluding hydrogens is 386 g/mol. The summed E-state index contributed by atoms with van der Waals surface area (Å²) in [6, 6.07) is 9.05. The molecule has 2 amide bonds.